The van der Waals surface area contributed by atoms with Crippen molar-refractivity contribution in [3.63, 3.8) is 0 Å². The van der Waals surface area contributed by atoms with E-state index >= 15 is 0 Å². The number of rotatable bonds is 12. The minimum absolute atomic E-state index is 0.0642. The lowest BCUT2D eigenvalue weighted by Gasteiger charge is -2.07. The van der Waals surface area contributed by atoms with Crippen LogP contribution in [-0.2, 0) is 4.79 Å². The van der Waals surface area contributed by atoms with Gasteiger partial charge < -0.3 is 10.4 Å². The Morgan fingerprint density at radius 2 is 1.89 bits per heavy atom. The van der Waals surface area contributed by atoms with E-state index < -0.39 is 6.04 Å². The molecule has 0 heterocycles. The van der Waals surface area contributed by atoms with E-state index in [1.54, 1.807) is 0 Å². The molecule has 0 rings (SSSR count). The zero-order valence-electron chi connectivity index (χ0n) is 11.4. The molecule has 0 saturated heterocycles. The summed E-state index contributed by atoms with van der Waals surface area (Å²) in [4.78, 5) is 21.6. The van der Waals surface area contributed by atoms with Crippen molar-refractivity contribution in [2.24, 2.45) is 5.18 Å². The molecular formula is C13H26N2O3. The number of hydrogen-bond donors (Lipinski definition) is 2. The Balaban J connectivity index is 3.34. The standard InChI is InChI=1S/C13H26N2O3/c1-2-3-4-5-6-7-10-14-13(17)9-8-12(11-16)15-18/h12,16H,2-11H2,1H3,(H,14,17). The van der Waals surface area contributed by atoms with Crippen LogP contribution in [0.15, 0.2) is 5.18 Å². The van der Waals surface area contributed by atoms with Crippen molar-refractivity contribution in [3.8, 4) is 0 Å². The van der Waals surface area contributed by atoms with Gasteiger partial charge in [-0.15, -0.1) is 0 Å². The van der Waals surface area contributed by atoms with Gasteiger partial charge in [-0.1, -0.05) is 44.2 Å². The summed E-state index contributed by atoms with van der Waals surface area (Å²) in [7, 11) is 0. The second-order valence-electron chi connectivity index (χ2n) is 4.60. The van der Waals surface area contributed by atoms with Crippen LogP contribution in [0.3, 0.4) is 0 Å². The lowest BCUT2D eigenvalue weighted by atomic mass is 10.1. The van der Waals surface area contributed by atoms with Gasteiger partial charge in [0.15, 0.2) is 0 Å². The number of nitroso groups, excluding NO2 is 1. The first-order valence-corrected chi connectivity index (χ1v) is 6.94. The Bertz CT molecular complexity index is 222. The summed E-state index contributed by atoms with van der Waals surface area (Å²) in [6.07, 6.45) is 7.76. The van der Waals surface area contributed by atoms with Crippen LogP contribution in [-0.4, -0.2) is 30.2 Å². The highest BCUT2D eigenvalue weighted by molar-refractivity contribution is 5.75. The summed E-state index contributed by atoms with van der Waals surface area (Å²) < 4.78 is 0. The molecule has 2 N–H and O–H groups in total. The molecule has 0 aliphatic carbocycles. The maximum Gasteiger partial charge on any atom is 0.220 e. The Labute approximate surface area is 109 Å². The van der Waals surface area contributed by atoms with E-state index in [9.17, 15) is 9.70 Å². The van der Waals surface area contributed by atoms with E-state index in [0.29, 0.717) is 13.0 Å². The third kappa shape index (κ3) is 10.2. The molecule has 1 atom stereocenters. The molecule has 0 saturated carbocycles. The number of aliphatic hydroxyl groups is 1. The average molecular weight is 258 g/mol. The van der Waals surface area contributed by atoms with E-state index in [1.807, 2.05) is 0 Å². The zero-order chi connectivity index (χ0) is 13.6. The lowest BCUT2D eigenvalue weighted by molar-refractivity contribution is -0.121. The van der Waals surface area contributed by atoms with Crippen LogP contribution in [0.4, 0.5) is 0 Å². The molecule has 0 fully saturated rings. The summed E-state index contributed by atoms with van der Waals surface area (Å²) in [5.41, 5.74) is 0. The van der Waals surface area contributed by atoms with Crippen LogP contribution in [0.1, 0.15) is 58.3 Å². The SMILES string of the molecule is CCCCCCCCNC(=O)CCC(CO)N=O. The molecule has 5 heteroatoms. The number of carbonyl (C=O) groups is 1. The van der Waals surface area contributed by atoms with Crippen LogP contribution < -0.4 is 5.32 Å². The first-order chi connectivity index (χ1) is 8.74. The van der Waals surface area contributed by atoms with Crippen molar-refractivity contribution in [2.75, 3.05) is 13.2 Å². The average Bonchev–Trinajstić information content (AvgIpc) is 2.39. The van der Waals surface area contributed by atoms with Crippen LogP contribution in [0.5, 0.6) is 0 Å². The van der Waals surface area contributed by atoms with Gasteiger partial charge in [0.1, 0.15) is 6.04 Å². The Morgan fingerprint density at radius 1 is 1.22 bits per heavy atom. The number of hydrogen-bond acceptors (Lipinski definition) is 4. The van der Waals surface area contributed by atoms with Gasteiger partial charge >= 0.3 is 0 Å². The first kappa shape index (κ1) is 17.0. The number of nitrogens with zero attached hydrogens (tertiary/aromatic N) is 1. The van der Waals surface area contributed by atoms with Gasteiger partial charge in [0.2, 0.25) is 5.91 Å². The molecule has 106 valence electrons. The summed E-state index contributed by atoms with van der Waals surface area (Å²) in [5.74, 6) is -0.0642. The van der Waals surface area contributed by atoms with Crippen LogP contribution in [0.25, 0.3) is 0 Å². The second kappa shape index (κ2) is 12.5. The Kier molecular flexibility index (Phi) is 11.8. The number of nitrogens with one attached hydrogen (secondary N) is 1. The molecule has 0 spiro atoms. The molecule has 0 aromatic carbocycles. The molecule has 0 aromatic rings. The highest BCUT2D eigenvalue weighted by Crippen LogP contribution is 2.04. The predicted molar refractivity (Wildman–Crippen MR) is 72.3 cm³/mol. The van der Waals surface area contributed by atoms with Gasteiger partial charge in [0.05, 0.1) is 6.61 Å². The Morgan fingerprint density at radius 3 is 2.50 bits per heavy atom. The van der Waals surface area contributed by atoms with E-state index in [-0.39, 0.29) is 18.9 Å². The van der Waals surface area contributed by atoms with Gasteiger partial charge in [-0.3, -0.25) is 4.79 Å². The second-order valence-corrected chi connectivity index (χ2v) is 4.60. The molecule has 0 radical (unpaired) electrons. The van der Waals surface area contributed by atoms with Gasteiger partial charge in [-0.2, -0.15) is 4.91 Å². The lowest BCUT2D eigenvalue weighted by Crippen LogP contribution is -2.25. The van der Waals surface area contributed by atoms with Crippen molar-refractivity contribution >= 4 is 5.91 Å². The van der Waals surface area contributed by atoms with Gasteiger partial charge in [-0.25, -0.2) is 0 Å². The monoisotopic (exact) mass is 258 g/mol. The third-order valence-electron chi connectivity index (χ3n) is 2.92. The van der Waals surface area contributed by atoms with Gasteiger partial charge in [0, 0.05) is 13.0 Å². The fourth-order valence-electron chi connectivity index (χ4n) is 1.70. The van der Waals surface area contributed by atoms with Crippen LogP contribution in [0, 0.1) is 4.91 Å². The summed E-state index contributed by atoms with van der Waals surface area (Å²) in [6, 6.07) is -0.648. The van der Waals surface area contributed by atoms with Crippen LogP contribution >= 0.6 is 0 Å². The van der Waals surface area contributed by atoms with Gasteiger partial charge in [0.25, 0.3) is 0 Å². The third-order valence-corrected chi connectivity index (χ3v) is 2.92. The molecule has 18 heavy (non-hydrogen) atoms. The maximum absolute atomic E-state index is 11.4. The predicted octanol–water partition coefficient (Wildman–Crippen LogP) is 2.37. The fraction of sp³-hybridized carbons (Fsp3) is 0.923. The smallest absolute Gasteiger partial charge is 0.220 e. The molecule has 5 nitrogen and oxygen atoms in total. The van der Waals surface area contributed by atoms with Crippen molar-refractivity contribution in [1.82, 2.24) is 5.32 Å². The van der Waals surface area contributed by atoms with E-state index in [1.165, 1.54) is 25.7 Å². The summed E-state index contributed by atoms with van der Waals surface area (Å²) >= 11 is 0. The number of aliphatic hydroxyl groups excluding tert-OH is 1. The number of unbranched alkanes of at least 4 members (excludes halogenated alkanes) is 5. The largest absolute Gasteiger partial charge is 0.394 e. The fourth-order valence-corrected chi connectivity index (χ4v) is 1.70. The number of carbonyl (C=O) groups excluding carboxylic acids is 1. The topological polar surface area (TPSA) is 78.8 Å². The first-order valence-electron chi connectivity index (χ1n) is 6.94. The normalized spacial score (nSPS) is 12.1. The highest BCUT2D eigenvalue weighted by Gasteiger charge is 2.09. The van der Waals surface area contributed by atoms with E-state index in [4.69, 9.17) is 5.11 Å². The molecule has 0 aromatic heterocycles. The summed E-state index contributed by atoms with van der Waals surface area (Å²) in [5, 5.41) is 14.3. The molecule has 1 amide bonds. The van der Waals surface area contributed by atoms with E-state index in [2.05, 4.69) is 17.4 Å². The number of amides is 1. The highest BCUT2D eigenvalue weighted by atomic mass is 16.3. The van der Waals surface area contributed by atoms with Crippen molar-refractivity contribution in [3.05, 3.63) is 4.91 Å². The minimum Gasteiger partial charge on any atom is -0.394 e. The van der Waals surface area contributed by atoms with E-state index in [0.717, 1.165) is 12.8 Å². The molecule has 0 aliphatic rings. The molecule has 0 aliphatic heterocycles. The molecular weight excluding hydrogens is 232 g/mol. The van der Waals surface area contributed by atoms with Crippen molar-refractivity contribution in [1.29, 1.82) is 0 Å². The minimum atomic E-state index is -0.648. The quantitative estimate of drug-likeness (QED) is 0.416. The van der Waals surface area contributed by atoms with Crippen molar-refractivity contribution < 1.29 is 9.90 Å². The zero-order valence-corrected chi connectivity index (χ0v) is 11.4. The molecule has 0 bridgehead atoms. The molecule has 1 unspecified atom stereocenters. The van der Waals surface area contributed by atoms with Crippen LogP contribution in [0.2, 0.25) is 0 Å². The van der Waals surface area contributed by atoms with Crippen molar-refractivity contribution in [2.45, 2.75) is 64.3 Å². The summed E-state index contributed by atoms with van der Waals surface area (Å²) in [6.45, 7) is 2.60. The Hall–Kier alpha value is -0.970. The maximum atomic E-state index is 11.4. The van der Waals surface area contributed by atoms with Gasteiger partial charge in [-0.05, 0) is 12.8 Å².